The average Bonchev–Trinajstić information content (AvgIpc) is 2.75. The Morgan fingerprint density at radius 1 is 1.16 bits per heavy atom. The third-order valence-electron chi connectivity index (χ3n) is 6.99. The average molecular weight is 530 g/mol. The second kappa shape index (κ2) is 11.3. The molecule has 2 aliphatic rings. The molecule has 9 nitrogen and oxygen atoms in total. The Bertz CT molecular complexity index is 938. The standard InChI is InChI=1S/C25H38F3N5O4/c1-14-7-8-17(20(35)30-16(12-29)11-15-9-10-24(5,6)32-19(15)34)33(13-14)21(36)18(23(2,3)4)31-22(37)25(26,27)28/h14-18H,7-11,13H2,1-6H3,(H,30,35)(H,31,37)(H,32,34)/t14-,15+,16+,17+,18?/m1/s1. The van der Waals surface area contributed by atoms with Gasteiger partial charge in [0.25, 0.3) is 0 Å². The first-order chi connectivity index (χ1) is 16.9. The van der Waals surface area contributed by atoms with E-state index in [2.05, 4.69) is 10.6 Å². The van der Waals surface area contributed by atoms with E-state index in [4.69, 9.17) is 0 Å². The first-order valence-electron chi connectivity index (χ1n) is 12.6. The molecule has 0 aliphatic carbocycles. The predicted octanol–water partition coefficient (Wildman–Crippen LogP) is 2.41. The van der Waals surface area contributed by atoms with E-state index in [1.807, 2.05) is 26.8 Å². The van der Waals surface area contributed by atoms with Crippen LogP contribution < -0.4 is 16.0 Å². The van der Waals surface area contributed by atoms with Crippen LogP contribution in [0.3, 0.4) is 0 Å². The van der Waals surface area contributed by atoms with E-state index >= 15 is 0 Å². The van der Waals surface area contributed by atoms with Gasteiger partial charge in [0, 0.05) is 18.0 Å². The van der Waals surface area contributed by atoms with Gasteiger partial charge in [-0.3, -0.25) is 19.2 Å². The molecule has 2 fully saturated rings. The smallest absolute Gasteiger partial charge is 0.351 e. The molecule has 37 heavy (non-hydrogen) atoms. The van der Waals surface area contributed by atoms with Gasteiger partial charge < -0.3 is 20.9 Å². The van der Waals surface area contributed by atoms with Gasteiger partial charge in [-0.05, 0) is 57.3 Å². The van der Waals surface area contributed by atoms with E-state index in [0.29, 0.717) is 12.8 Å². The van der Waals surface area contributed by atoms with Crippen molar-refractivity contribution < 1.29 is 32.3 Å². The molecule has 2 saturated heterocycles. The van der Waals surface area contributed by atoms with Crippen molar-refractivity contribution in [1.29, 1.82) is 5.26 Å². The Balaban J connectivity index is 2.19. The molecule has 0 bridgehead atoms. The second-order valence-electron chi connectivity index (χ2n) is 12.0. The van der Waals surface area contributed by atoms with Crippen molar-refractivity contribution in [1.82, 2.24) is 20.9 Å². The van der Waals surface area contributed by atoms with Crippen LogP contribution in [-0.2, 0) is 19.2 Å². The lowest BCUT2D eigenvalue weighted by Crippen LogP contribution is -2.63. The molecule has 0 spiro atoms. The third kappa shape index (κ3) is 8.07. The summed E-state index contributed by atoms with van der Waals surface area (Å²) in [5, 5.41) is 17.0. The van der Waals surface area contributed by atoms with E-state index < -0.39 is 53.4 Å². The molecule has 0 aromatic rings. The van der Waals surface area contributed by atoms with Gasteiger partial charge in [-0.2, -0.15) is 18.4 Å². The van der Waals surface area contributed by atoms with Crippen molar-refractivity contribution in [2.45, 2.75) is 103 Å². The lowest BCUT2D eigenvalue weighted by atomic mass is 9.83. The zero-order valence-electron chi connectivity index (χ0n) is 22.3. The van der Waals surface area contributed by atoms with E-state index in [1.165, 1.54) is 25.7 Å². The summed E-state index contributed by atoms with van der Waals surface area (Å²) in [7, 11) is 0. The molecule has 208 valence electrons. The molecule has 2 aliphatic heterocycles. The maximum Gasteiger partial charge on any atom is 0.471 e. The minimum atomic E-state index is -5.17. The Labute approximate surface area is 215 Å². The number of halogens is 3. The molecular formula is C25H38F3N5O4. The van der Waals surface area contributed by atoms with Crippen molar-refractivity contribution in [3.05, 3.63) is 0 Å². The largest absolute Gasteiger partial charge is 0.471 e. The van der Waals surface area contributed by atoms with Gasteiger partial charge in [0.05, 0.1) is 6.07 Å². The van der Waals surface area contributed by atoms with Gasteiger partial charge in [0.15, 0.2) is 0 Å². The molecular weight excluding hydrogens is 491 g/mol. The molecule has 1 unspecified atom stereocenters. The molecule has 0 radical (unpaired) electrons. The molecule has 12 heteroatoms. The van der Waals surface area contributed by atoms with Gasteiger partial charge >= 0.3 is 12.1 Å². The highest BCUT2D eigenvalue weighted by atomic mass is 19.4. The maximum absolute atomic E-state index is 13.5. The fourth-order valence-electron chi connectivity index (χ4n) is 4.78. The predicted molar refractivity (Wildman–Crippen MR) is 128 cm³/mol. The van der Waals surface area contributed by atoms with Crippen LogP contribution >= 0.6 is 0 Å². The van der Waals surface area contributed by atoms with E-state index in [9.17, 15) is 37.6 Å². The van der Waals surface area contributed by atoms with Crippen molar-refractivity contribution in [3.8, 4) is 6.07 Å². The summed E-state index contributed by atoms with van der Waals surface area (Å²) < 4.78 is 38.9. The van der Waals surface area contributed by atoms with Crippen molar-refractivity contribution >= 4 is 23.6 Å². The monoisotopic (exact) mass is 529 g/mol. The summed E-state index contributed by atoms with van der Waals surface area (Å²) in [6.45, 7) is 10.4. The van der Waals surface area contributed by atoms with E-state index in [0.717, 1.165) is 6.42 Å². The van der Waals surface area contributed by atoms with Gasteiger partial charge in [0.1, 0.15) is 18.1 Å². The Kier molecular flexibility index (Phi) is 9.26. The molecule has 5 atom stereocenters. The highest BCUT2D eigenvalue weighted by molar-refractivity contribution is 5.94. The summed E-state index contributed by atoms with van der Waals surface area (Å²) in [5.74, 6) is -4.30. The lowest BCUT2D eigenvalue weighted by molar-refractivity contribution is -0.176. The van der Waals surface area contributed by atoms with Crippen LogP contribution in [-0.4, -0.2) is 64.9 Å². The molecule has 2 rings (SSSR count). The molecule has 0 saturated carbocycles. The molecule has 0 aromatic carbocycles. The normalized spacial score (nSPS) is 25.8. The summed E-state index contributed by atoms with van der Waals surface area (Å²) in [4.78, 5) is 52.1. The first-order valence-corrected chi connectivity index (χ1v) is 12.6. The van der Waals surface area contributed by atoms with Crippen LogP contribution in [0, 0.1) is 28.6 Å². The summed E-state index contributed by atoms with van der Waals surface area (Å²) >= 11 is 0. The van der Waals surface area contributed by atoms with Crippen LogP contribution in [0.4, 0.5) is 13.2 Å². The number of hydrogen-bond acceptors (Lipinski definition) is 5. The van der Waals surface area contributed by atoms with Crippen LogP contribution in [0.2, 0.25) is 0 Å². The zero-order valence-corrected chi connectivity index (χ0v) is 22.3. The maximum atomic E-state index is 13.5. The van der Waals surface area contributed by atoms with Crippen molar-refractivity contribution in [2.75, 3.05) is 6.54 Å². The number of rotatable bonds is 6. The number of alkyl halides is 3. The quantitative estimate of drug-likeness (QED) is 0.486. The molecule has 0 aromatic heterocycles. The number of likely N-dealkylation sites (tertiary alicyclic amines) is 1. The number of nitrogens with one attached hydrogen (secondary N) is 3. The summed E-state index contributed by atoms with van der Waals surface area (Å²) in [5.41, 5.74) is -1.42. The number of hydrogen-bond donors (Lipinski definition) is 3. The SMILES string of the molecule is C[C@@H]1CC[C@@H](C(=O)N[C@H](C#N)C[C@@H]2CCC(C)(C)NC2=O)N(C(=O)C(NC(=O)C(F)(F)F)C(C)(C)C)C1. The third-order valence-corrected chi connectivity index (χ3v) is 6.99. The highest BCUT2D eigenvalue weighted by Crippen LogP contribution is 2.29. The molecule has 3 N–H and O–H groups in total. The minimum absolute atomic E-state index is 0.0204. The fraction of sp³-hybridized carbons (Fsp3) is 0.800. The van der Waals surface area contributed by atoms with Gasteiger partial charge in [0.2, 0.25) is 17.7 Å². The van der Waals surface area contributed by atoms with E-state index in [-0.39, 0.29) is 36.8 Å². The Morgan fingerprint density at radius 2 is 1.78 bits per heavy atom. The summed E-state index contributed by atoms with van der Waals surface area (Å²) in [6.07, 6.45) is -2.95. The number of nitriles is 1. The number of carbonyl (C=O) groups excluding carboxylic acids is 4. The van der Waals surface area contributed by atoms with Gasteiger partial charge in [-0.15, -0.1) is 0 Å². The van der Waals surface area contributed by atoms with Crippen LogP contribution in [0.1, 0.15) is 73.6 Å². The first kappa shape index (κ1) is 30.4. The van der Waals surface area contributed by atoms with Crippen LogP contribution in [0.15, 0.2) is 0 Å². The van der Waals surface area contributed by atoms with Crippen molar-refractivity contribution in [2.24, 2.45) is 17.3 Å². The van der Waals surface area contributed by atoms with Gasteiger partial charge in [-0.25, -0.2) is 0 Å². The summed E-state index contributed by atoms with van der Waals surface area (Å²) in [6, 6.07) is -1.52. The number of carbonyl (C=O) groups is 4. The van der Waals surface area contributed by atoms with E-state index in [1.54, 1.807) is 5.32 Å². The van der Waals surface area contributed by atoms with Crippen molar-refractivity contribution in [3.63, 3.8) is 0 Å². The minimum Gasteiger partial charge on any atom is -0.351 e. The number of nitrogens with zero attached hydrogens (tertiary/aromatic N) is 2. The van der Waals surface area contributed by atoms with Crippen LogP contribution in [0.25, 0.3) is 0 Å². The molecule has 4 amide bonds. The number of piperidine rings is 2. The fourth-order valence-corrected chi connectivity index (χ4v) is 4.78. The van der Waals surface area contributed by atoms with Gasteiger partial charge in [-0.1, -0.05) is 27.7 Å². The zero-order chi connectivity index (χ0) is 28.3. The second-order valence-corrected chi connectivity index (χ2v) is 12.0. The highest BCUT2D eigenvalue weighted by Gasteiger charge is 2.47. The number of amides is 4. The Morgan fingerprint density at radius 3 is 2.30 bits per heavy atom. The lowest BCUT2D eigenvalue weighted by Gasteiger charge is -2.42. The topological polar surface area (TPSA) is 131 Å². The molecule has 2 heterocycles. The Hall–Kier alpha value is -2.84. The van der Waals surface area contributed by atoms with Crippen LogP contribution in [0.5, 0.6) is 0 Å².